The van der Waals surface area contributed by atoms with Crippen LogP contribution in [0.2, 0.25) is 0 Å². The summed E-state index contributed by atoms with van der Waals surface area (Å²) in [5.41, 5.74) is 3.00. The van der Waals surface area contributed by atoms with Gasteiger partial charge >= 0.3 is 32.5 Å². The van der Waals surface area contributed by atoms with Crippen molar-refractivity contribution >= 4 is 49.5 Å². The zero-order valence-electron chi connectivity index (χ0n) is 19.3. The van der Waals surface area contributed by atoms with Gasteiger partial charge < -0.3 is 17.8 Å². The maximum absolute atomic E-state index is 11.9. The molecule has 0 aliphatic heterocycles. The van der Waals surface area contributed by atoms with Crippen LogP contribution >= 0.6 is 0 Å². The predicted octanol–water partition coefficient (Wildman–Crippen LogP) is 0.956. The molecular formula is C21H28N4O8S2. The lowest BCUT2D eigenvalue weighted by Gasteiger charge is -2.13. The molecule has 2 aromatic rings. The van der Waals surface area contributed by atoms with Gasteiger partial charge in [-0.1, -0.05) is 18.9 Å². The summed E-state index contributed by atoms with van der Waals surface area (Å²) in [6.45, 7) is 0.878. The van der Waals surface area contributed by atoms with Crippen molar-refractivity contribution in [1.82, 2.24) is 14.2 Å². The van der Waals surface area contributed by atoms with Gasteiger partial charge in [-0.3, -0.25) is 4.72 Å². The van der Waals surface area contributed by atoms with Crippen LogP contribution in [0.15, 0.2) is 30.6 Å². The second-order valence-corrected chi connectivity index (χ2v) is 10.9. The number of nitrogens with zero attached hydrogens (tertiary/aromatic N) is 2. The molecule has 0 radical (unpaired) electrons. The Kier molecular flexibility index (Phi) is 8.20. The Bertz CT molecular complexity index is 1340. The minimum atomic E-state index is -4.80. The van der Waals surface area contributed by atoms with Gasteiger partial charge in [-0.05, 0) is 62.7 Å². The van der Waals surface area contributed by atoms with E-state index in [9.17, 15) is 26.4 Å². The summed E-state index contributed by atoms with van der Waals surface area (Å²) in [5, 5.41) is 5.51. The van der Waals surface area contributed by atoms with E-state index in [-0.39, 0.29) is 0 Å². The molecule has 1 aliphatic carbocycles. The highest BCUT2D eigenvalue weighted by molar-refractivity contribution is 7.85. The summed E-state index contributed by atoms with van der Waals surface area (Å²) in [7, 11) is -5.53. The quantitative estimate of drug-likeness (QED) is 0.450. The van der Waals surface area contributed by atoms with Crippen LogP contribution in [0.1, 0.15) is 42.9 Å². The van der Waals surface area contributed by atoms with Gasteiger partial charge in [0.1, 0.15) is 0 Å². The Morgan fingerprint density at radius 3 is 2.43 bits per heavy atom. The molecule has 14 heteroatoms. The molecule has 192 valence electrons. The van der Waals surface area contributed by atoms with Crippen molar-refractivity contribution in [3.63, 3.8) is 0 Å². The van der Waals surface area contributed by atoms with Crippen LogP contribution in [-0.2, 0) is 45.0 Å². The third-order valence-corrected chi connectivity index (χ3v) is 6.70. The summed E-state index contributed by atoms with van der Waals surface area (Å²) in [5.74, 6) is -4.16. The third-order valence-electron chi connectivity index (χ3n) is 5.52. The average Bonchev–Trinajstić information content (AvgIpc) is 3.38. The lowest BCUT2D eigenvalue weighted by molar-refractivity contribution is -0.155. The van der Waals surface area contributed by atoms with Crippen LogP contribution in [0.3, 0.4) is 0 Å². The molecule has 0 spiro atoms. The molecule has 1 saturated carbocycles. The number of likely N-dealkylation sites (N-methyl/N-ethyl adjacent to an activating group) is 1. The van der Waals surface area contributed by atoms with E-state index < -0.39 is 32.5 Å². The first kappa shape index (κ1) is 26.7. The molecule has 1 aliphatic rings. The summed E-state index contributed by atoms with van der Waals surface area (Å²) < 4.78 is 56.8. The van der Waals surface area contributed by atoms with Crippen molar-refractivity contribution in [2.75, 3.05) is 20.6 Å². The lowest BCUT2D eigenvalue weighted by Crippen LogP contribution is -2.32. The maximum atomic E-state index is 11.9. The van der Waals surface area contributed by atoms with Gasteiger partial charge in [-0.25, -0.2) is 9.59 Å². The van der Waals surface area contributed by atoms with E-state index in [2.05, 4.69) is 29.2 Å². The Morgan fingerprint density at radius 1 is 1.14 bits per heavy atom. The standard InChI is InChI=1S/C21H28N4O8S2/c1-24(2)12-10-16-14-25(17-5-3-4-6-17)19-8-7-15(13-18(16)19)9-11-23-35(30,31)33-21(27)20(26)32-34(22,28)29/h7-9,11,13-14,17,23H,3-6,10,12H2,1-2H3,(H2,22,28,29)/b11-9+. The van der Waals surface area contributed by atoms with Crippen LogP contribution in [0.4, 0.5) is 0 Å². The molecule has 12 nitrogen and oxygen atoms in total. The number of nitrogens with one attached hydrogen (secondary N) is 1. The van der Waals surface area contributed by atoms with E-state index in [0.717, 1.165) is 42.9 Å². The number of rotatable bonds is 9. The number of hydrogen-bond donors (Lipinski definition) is 2. The molecule has 3 N–H and O–H groups in total. The molecular weight excluding hydrogens is 500 g/mol. The Hall–Kier alpha value is -2.94. The topological polar surface area (TPSA) is 167 Å². The van der Waals surface area contributed by atoms with E-state index in [1.54, 1.807) is 0 Å². The molecule has 0 unspecified atom stereocenters. The van der Waals surface area contributed by atoms with Crippen molar-refractivity contribution in [2.45, 2.75) is 38.1 Å². The SMILES string of the molecule is CN(C)CCc1cn(C2CCCC2)c2ccc(/C=C/NS(=O)(=O)OC(=O)C(=O)OS(N)(=O)=O)cc12. The van der Waals surface area contributed by atoms with E-state index in [1.165, 1.54) is 24.5 Å². The molecule has 1 aromatic carbocycles. The molecule has 1 aromatic heterocycles. The summed E-state index contributed by atoms with van der Waals surface area (Å²) in [4.78, 5) is 24.7. The number of nitrogens with two attached hydrogens (primary N) is 1. The second-order valence-electron chi connectivity index (χ2n) is 8.47. The van der Waals surface area contributed by atoms with E-state index in [1.807, 2.05) is 37.0 Å². The van der Waals surface area contributed by atoms with Crippen molar-refractivity contribution in [1.29, 1.82) is 0 Å². The predicted molar refractivity (Wildman–Crippen MR) is 128 cm³/mol. The van der Waals surface area contributed by atoms with Crippen LogP contribution < -0.4 is 9.86 Å². The van der Waals surface area contributed by atoms with Gasteiger partial charge in [0.15, 0.2) is 0 Å². The fraction of sp³-hybridized carbons (Fsp3) is 0.429. The van der Waals surface area contributed by atoms with Crippen LogP contribution in [0.5, 0.6) is 0 Å². The normalized spacial score (nSPS) is 15.2. The molecule has 0 amide bonds. The smallest absolute Gasteiger partial charge is 0.344 e. The largest absolute Gasteiger partial charge is 0.435 e. The van der Waals surface area contributed by atoms with Crippen molar-refractivity contribution in [3.05, 3.63) is 41.7 Å². The molecule has 0 atom stereocenters. The first-order valence-electron chi connectivity index (χ1n) is 10.8. The van der Waals surface area contributed by atoms with Crippen LogP contribution in [0.25, 0.3) is 17.0 Å². The average molecular weight is 529 g/mol. The number of fused-ring (bicyclic) bond motifs is 1. The minimum absolute atomic E-state index is 0.467. The highest BCUT2D eigenvalue weighted by atomic mass is 32.2. The highest BCUT2D eigenvalue weighted by Crippen LogP contribution is 2.35. The Labute approximate surface area is 204 Å². The van der Waals surface area contributed by atoms with Crippen LogP contribution in [-0.4, -0.2) is 58.9 Å². The van der Waals surface area contributed by atoms with Crippen molar-refractivity contribution in [2.24, 2.45) is 5.14 Å². The molecule has 1 fully saturated rings. The first-order valence-corrected chi connectivity index (χ1v) is 13.7. The highest BCUT2D eigenvalue weighted by Gasteiger charge is 2.28. The molecule has 35 heavy (non-hydrogen) atoms. The monoisotopic (exact) mass is 528 g/mol. The maximum Gasteiger partial charge on any atom is 0.435 e. The first-order chi connectivity index (χ1) is 16.3. The summed E-state index contributed by atoms with van der Waals surface area (Å²) in [6, 6.07) is 6.24. The van der Waals surface area contributed by atoms with Gasteiger partial charge in [-0.15, -0.1) is 0 Å². The van der Waals surface area contributed by atoms with Crippen molar-refractivity contribution < 1.29 is 34.8 Å². The van der Waals surface area contributed by atoms with Crippen LogP contribution in [0, 0.1) is 0 Å². The van der Waals surface area contributed by atoms with Gasteiger partial charge in [0.2, 0.25) is 0 Å². The number of hydrogen-bond acceptors (Lipinski definition) is 9. The molecule has 1 heterocycles. The fourth-order valence-electron chi connectivity index (χ4n) is 3.99. The Balaban J connectivity index is 1.75. The number of aromatic nitrogens is 1. The zero-order chi connectivity index (χ0) is 25.8. The number of carbonyl (C=O) groups is 2. The molecule has 0 saturated heterocycles. The second kappa shape index (κ2) is 10.8. The fourth-order valence-corrected chi connectivity index (χ4v) is 4.81. The molecule has 0 bridgehead atoms. The van der Waals surface area contributed by atoms with Gasteiger partial charge in [-0.2, -0.15) is 22.0 Å². The van der Waals surface area contributed by atoms with E-state index in [0.29, 0.717) is 11.6 Å². The zero-order valence-corrected chi connectivity index (χ0v) is 21.0. The lowest BCUT2D eigenvalue weighted by atomic mass is 10.1. The van der Waals surface area contributed by atoms with Gasteiger partial charge in [0, 0.05) is 35.9 Å². The molecule has 3 rings (SSSR count). The summed E-state index contributed by atoms with van der Waals surface area (Å²) >= 11 is 0. The third kappa shape index (κ3) is 7.52. The van der Waals surface area contributed by atoms with E-state index in [4.69, 9.17) is 0 Å². The van der Waals surface area contributed by atoms with Crippen molar-refractivity contribution in [3.8, 4) is 0 Å². The van der Waals surface area contributed by atoms with E-state index >= 15 is 0 Å². The number of benzene rings is 1. The number of carbonyl (C=O) groups excluding carboxylic acids is 2. The minimum Gasteiger partial charge on any atom is -0.344 e. The Morgan fingerprint density at radius 2 is 1.80 bits per heavy atom. The van der Waals surface area contributed by atoms with Gasteiger partial charge in [0.25, 0.3) is 0 Å². The van der Waals surface area contributed by atoms with Gasteiger partial charge in [0.05, 0.1) is 0 Å². The summed E-state index contributed by atoms with van der Waals surface area (Å²) in [6.07, 6.45) is 10.2.